The van der Waals surface area contributed by atoms with Crippen molar-refractivity contribution in [3.8, 4) is 0 Å². The molecule has 1 heterocycles. The maximum atomic E-state index is 12.0. The van der Waals surface area contributed by atoms with Gasteiger partial charge in [0.05, 0.1) is 0 Å². The Morgan fingerprint density at radius 2 is 1.81 bits per heavy atom. The number of urea groups is 1. The number of carbonyl (C=O) groups excluding carboxylic acids is 1. The molecular weight excluding hydrogens is 266 g/mol. The molecule has 0 fully saturated rings. The summed E-state index contributed by atoms with van der Waals surface area (Å²) in [5.74, 6) is 0.603. The number of nitrogens with one attached hydrogen (secondary N) is 2. The van der Waals surface area contributed by atoms with E-state index in [4.69, 9.17) is 4.42 Å². The highest BCUT2D eigenvalue weighted by Gasteiger charge is 2.06. The van der Waals surface area contributed by atoms with Crippen molar-refractivity contribution in [1.82, 2.24) is 4.98 Å². The van der Waals surface area contributed by atoms with E-state index in [1.165, 1.54) is 0 Å². The third-order valence-electron chi connectivity index (χ3n) is 3.03. The van der Waals surface area contributed by atoms with Crippen LogP contribution in [0.15, 0.2) is 46.9 Å². The summed E-state index contributed by atoms with van der Waals surface area (Å²) in [6.45, 7) is 3.77. The molecule has 0 aliphatic carbocycles. The van der Waals surface area contributed by atoms with Crippen LogP contribution in [0.2, 0.25) is 0 Å². The maximum Gasteiger partial charge on any atom is 0.323 e. The van der Waals surface area contributed by atoms with Crippen LogP contribution in [0.25, 0.3) is 11.1 Å². The van der Waals surface area contributed by atoms with Crippen molar-refractivity contribution in [2.75, 3.05) is 10.6 Å². The molecule has 0 saturated heterocycles. The van der Waals surface area contributed by atoms with Crippen LogP contribution in [0.1, 0.15) is 11.5 Å². The highest BCUT2D eigenvalue weighted by Crippen LogP contribution is 2.20. The number of anilines is 2. The molecule has 0 aliphatic heterocycles. The lowest BCUT2D eigenvalue weighted by Crippen LogP contribution is -2.19. The Balaban J connectivity index is 1.73. The van der Waals surface area contributed by atoms with E-state index < -0.39 is 0 Å². The summed E-state index contributed by atoms with van der Waals surface area (Å²) in [6, 6.07) is 12.7. The monoisotopic (exact) mass is 281 g/mol. The van der Waals surface area contributed by atoms with Gasteiger partial charge in [0.25, 0.3) is 0 Å². The van der Waals surface area contributed by atoms with Crippen LogP contribution in [0.3, 0.4) is 0 Å². The Hall–Kier alpha value is -2.82. The van der Waals surface area contributed by atoms with Crippen molar-refractivity contribution in [2.45, 2.75) is 13.8 Å². The Morgan fingerprint density at radius 1 is 1.05 bits per heavy atom. The standard InChI is InChI=1S/C16H15N3O2/c1-10-4-3-5-12(8-10)18-16(20)19-13-6-7-15-14(9-13)17-11(2)21-15/h3-9H,1-2H3,(H2,18,19,20). The Labute approximate surface area is 122 Å². The van der Waals surface area contributed by atoms with Crippen molar-refractivity contribution >= 4 is 28.5 Å². The van der Waals surface area contributed by atoms with Crippen LogP contribution in [0.5, 0.6) is 0 Å². The van der Waals surface area contributed by atoms with Crippen LogP contribution < -0.4 is 10.6 Å². The number of amides is 2. The number of rotatable bonds is 2. The zero-order valence-electron chi connectivity index (χ0n) is 11.8. The number of carbonyl (C=O) groups is 1. The second-order valence-electron chi connectivity index (χ2n) is 4.86. The first kappa shape index (κ1) is 13.2. The van der Waals surface area contributed by atoms with Gasteiger partial charge < -0.3 is 15.1 Å². The fourth-order valence-corrected chi connectivity index (χ4v) is 2.14. The van der Waals surface area contributed by atoms with Gasteiger partial charge in [0.1, 0.15) is 5.52 Å². The predicted octanol–water partition coefficient (Wildman–Crippen LogP) is 4.09. The number of hydrogen-bond donors (Lipinski definition) is 2. The Bertz CT molecular complexity index is 808. The third-order valence-corrected chi connectivity index (χ3v) is 3.03. The number of fused-ring (bicyclic) bond motifs is 1. The van der Waals surface area contributed by atoms with E-state index in [9.17, 15) is 4.79 Å². The summed E-state index contributed by atoms with van der Waals surface area (Å²) in [5, 5.41) is 5.57. The molecule has 2 amide bonds. The van der Waals surface area contributed by atoms with E-state index in [2.05, 4.69) is 15.6 Å². The van der Waals surface area contributed by atoms with Crippen molar-refractivity contribution < 1.29 is 9.21 Å². The van der Waals surface area contributed by atoms with Gasteiger partial charge in [-0.3, -0.25) is 0 Å². The molecule has 3 rings (SSSR count). The van der Waals surface area contributed by atoms with E-state index in [1.54, 1.807) is 25.1 Å². The average molecular weight is 281 g/mol. The fourth-order valence-electron chi connectivity index (χ4n) is 2.14. The van der Waals surface area contributed by atoms with Gasteiger partial charge in [-0.05, 0) is 42.8 Å². The van der Waals surface area contributed by atoms with E-state index in [1.807, 2.05) is 31.2 Å². The first-order valence-electron chi connectivity index (χ1n) is 6.62. The van der Waals surface area contributed by atoms with Crippen LogP contribution in [-0.4, -0.2) is 11.0 Å². The number of nitrogens with zero attached hydrogens (tertiary/aromatic N) is 1. The molecular formula is C16H15N3O2. The molecule has 2 aromatic carbocycles. The molecule has 0 spiro atoms. The Kier molecular flexibility index (Phi) is 3.31. The normalized spacial score (nSPS) is 10.6. The molecule has 106 valence electrons. The van der Waals surface area contributed by atoms with Gasteiger partial charge in [0.15, 0.2) is 11.5 Å². The second kappa shape index (κ2) is 5.28. The summed E-state index contributed by atoms with van der Waals surface area (Å²) < 4.78 is 5.40. The summed E-state index contributed by atoms with van der Waals surface area (Å²) in [4.78, 5) is 16.2. The lowest BCUT2D eigenvalue weighted by atomic mass is 10.2. The first-order chi connectivity index (χ1) is 10.1. The average Bonchev–Trinajstić information content (AvgIpc) is 2.78. The minimum absolute atomic E-state index is 0.292. The molecule has 0 atom stereocenters. The third kappa shape index (κ3) is 3.02. The zero-order valence-corrected chi connectivity index (χ0v) is 11.8. The van der Waals surface area contributed by atoms with Crippen LogP contribution in [0, 0.1) is 13.8 Å². The molecule has 0 radical (unpaired) electrons. The molecule has 5 heteroatoms. The summed E-state index contributed by atoms with van der Waals surface area (Å²) in [7, 11) is 0. The van der Waals surface area contributed by atoms with Crippen molar-refractivity contribution in [3.63, 3.8) is 0 Å². The molecule has 3 aromatic rings. The van der Waals surface area contributed by atoms with Gasteiger partial charge in [-0.25, -0.2) is 9.78 Å². The van der Waals surface area contributed by atoms with Gasteiger partial charge in [-0.15, -0.1) is 0 Å². The van der Waals surface area contributed by atoms with Crippen LogP contribution in [0.4, 0.5) is 16.2 Å². The fraction of sp³-hybridized carbons (Fsp3) is 0.125. The van der Waals surface area contributed by atoms with Crippen molar-refractivity contribution in [3.05, 3.63) is 53.9 Å². The lowest BCUT2D eigenvalue weighted by molar-refractivity contribution is 0.262. The molecule has 5 nitrogen and oxygen atoms in total. The van der Waals surface area contributed by atoms with Crippen LogP contribution in [-0.2, 0) is 0 Å². The van der Waals surface area contributed by atoms with Gasteiger partial charge in [0, 0.05) is 18.3 Å². The quantitative estimate of drug-likeness (QED) is 0.743. The second-order valence-corrected chi connectivity index (χ2v) is 4.86. The first-order valence-corrected chi connectivity index (χ1v) is 6.62. The summed E-state index contributed by atoms with van der Waals surface area (Å²) in [5.41, 5.74) is 3.94. The van der Waals surface area contributed by atoms with E-state index in [0.717, 1.165) is 16.8 Å². The van der Waals surface area contributed by atoms with Crippen molar-refractivity contribution in [2.24, 2.45) is 0 Å². The molecule has 0 saturated carbocycles. The number of aromatic nitrogens is 1. The van der Waals surface area contributed by atoms with E-state index in [-0.39, 0.29) is 6.03 Å². The van der Waals surface area contributed by atoms with Gasteiger partial charge in [0.2, 0.25) is 0 Å². The summed E-state index contributed by atoms with van der Waals surface area (Å²) >= 11 is 0. The molecule has 1 aromatic heterocycles. The Morgan fingerprint density at radius 3 is 2.57 bits per heavy atom. The van der Waals surface area contributed by atoms with E-state index >= 15 is 0 Å². The zero-order chi connectivity index (χ0) is 14.8. The van der Waals surface area contributed by atoms with Gasteiger partial charge in [-0.2, -0.15) is 0 Å². The highest BCUT2D eigenvalue weighted by molar-refractivity contribution is 6.00. The minimum Gasteiger partial charge on any atom is -0.441 e. The lowest BCUT2D eigenvalue weighted by Gasteiger charge is -2.08. The number of hydrogen-bond acceptors (Lipinski definition) is 3. The van der Waals surface area contributed by atoms with E-state index in [0.29, 0.717) is 17.2 Å². The largest absolute Gasteiger partial charge is 0.441 e. The van der Waals surface area contributed by atoms with Crippen molar-refractivity contribution in [1.29, 1.82) is 0 Å². The SMILES string of the molecule is Cc1cccc(NC(=O)Nc2ccc3oc(C)nc3c2)c1. The van der Waals surface area contributed by atoms with Gasteiger partial charge >= 0.3 is 6.03 Å². The van der Waals surface area contributed by atoms with Crippen LogP contribution >= 0.6 is 0 Å². The number of oxazole rings is 1. The maximum absolute atomic E-state index is 12.0. The topological polar surface area (TPSA) is 67.2 Å². The molecule has 0 unspecified atom stereocenters. The van der Waals surface area contributed by atoms with Gasteiger partial charge in [-0.1, -0.05) is 12.1 Å². The predicted molar refractivity (Wildman–Crippen MR) is 82.6 cm³/mol. The minimum atomic E-state index is -0.292. The highest BCUT2D eigenvalue weighted by atomic mass is 16.3. The molecule has 0 aliphatic rings. The summed E-state index contributed by atoms with van der Waals surface area (Å²) in [6.07, 6.45) is 0. The number of aryl methyl sites for hydroxylation is 2. The molecule has 21 heavy (non-hydrogen) atoms. The number of benzene rings is 2. The molecule has 0 bridgehead atoms. The smallest absolute Gasteiger partial charge is 0.323 e. The molecule has 2 N–H and O–H groups in total.